The highest BCUT2D eigenvalue weighted by atomic mass is 16.5. The maximum Gasteiger partial charge on any atom is 0.119 e. The zero-order valence-corrected chi connectivity index (χ0v) is 42.1. The van der Waals surface area contributed by atoms with Crippen LogP contribution < -0.4 is 4.74 Å². The average molecular weight is 963 g/mol. The molecule has 0 N–H and O–H groups in total. The van der Waals surface area contributed by atoms with E-state index in [1.807, 2.05) is 0 Å². The molecule has 1 unspecified atom stereocenters. The highest BCUT2D eigenvalue weighted by molar-refractivity contribution is 6.10. The lowest BCUT2D eigenvalue weighted by Crippen LogP contribution is -2.28. The summed E-state index contributed by atoms with van der Waals surface area (Å²) in [6, 6.07) is 96.4. The molecule has 0 aliphatic heterocycles. The normalized spacial score (nSPS) is 13.1. The first-order chi connectivity index (χ1) is 37.0. The maximum absolute atomic E-state index is 6.53. The Labute approximate surface area is 438 Å². The van der Waals surface area contributed by atoms with Crippen molar-refractivity contribution in [1.29, 1.82) is 0 Å². The van der Waals surface area contributed by atoms with Crippen molar-refractivity contribution >= 4 is 43.6 Å². The van der Waals surface area contributed by atoms with Crippen LogP contribution in [-0.2, 0) is 12.0 Å². The second-order valence-electron chi connectivity index (χ2n) is 20.3. The highest BCUT2D eigenvalue weighted by Gasteiger charge is 2.46. The summed E-state index contributed by atoms with van der Waals surface area (Å²) in [7, 11) is 0. The van der Waals surface area contributed by atoms with E-state index in [0.717, 1.165) is 29.1 Å². The third kappa shape index (κ3) is 7.25. The maximum atomic E-state index is 6.53. The molecule has 2 aromatic heterocycles. The van der Waals surface area contributed by atoms with Crippen molar-refractivity contribution in [3.8, 4) is 50.5 Å². The van der Waals surface area contributed by atoms with Gasteiger partial charge in [-0.15, -0.1) is 0 Å². The lowest BCUT2D eigenvalue weighted by molar-refractivity contribution is 0.306. The van der Waals surface area contributed by atoms with Crippen LogP contribution >= 0.6 is 0 Å². The van der Waals surface area contributed by atoms with Gasteiger partial charge in [0.2, 0.25) is 0 Å². The second kappa shape index (κ2) is 18.1. The average Bonchev–Trinajstić information content (AvgIpc) is 4.13. The molecule has 0 saturated carbocycles. The van der Waals surface area contributed by atoms with E-state index in [9.17, 15) is 0 Å². The minimum Gasteiger partial charge on any atom is -0.489 e. The van der Waals surface area contributed by atoms with Crippen LogP contribution in [0.5, 0.6) is 5.75 Å². The fourth-order valence-corrected chi connectivity index (χ4v) is 12.3. The molecule has 2 heterocycles. The molecule has 1 aliphatic rings. The van der Waals surface area contributed by atoms with Gasteiger partial charge in [0.1, 0.15) is 12.4 Å². The van der Waals surface area contributed by atoms with Crippen LogP contribution in [0.1, 0.15) is 59.6 Å². The van der Waals surface area contributed by atoms with Crippen LogP contribution in [0.3, 0.4) is 0 Å². The summed E-state index contributed by atoms with van der Waals surface area (Å²) in [4.78, 5) is 0. The molecule has 3 heteroatoms. The molecule has 0 bridgehead atoms. The number of hydrogen-bond acceptors (Lipinski definition) is 1. The van der Waals surface area contributed by atoms with Gasteiger partial charge in [0.15, 0.2) is 0 Å². The van der Waals surface area contributed by atoms with E-state index in [4.69, 9.17) is 4.74 Å². The molecule has 0 spiro atoms. The van der Waals surface area contributed by atoms with E-state index in [1.54, 1.807) is 0 Å². The minimum atomic E-state index is -0.645. The standard InChI is InChI=1S/C72H54N2O/c1-3-48(2)50-27-25-49(26-28-50)47-75-59-41-35-56(36-42-59)72(55-15-5-4-6-16-55)66-45-53(51-29-37-57(38-30-51)73-68-21-11-7-17-62(68)63-18-8-12-22-69(63)73)33-43-60(66)61-44-34-54(46-67(61)72)52-31-39-58(40-32-52)74-70-23-13-9-19-64(70)65-20-10-14-24-71(65)74/h4-46,48H,3,47H2,1-2H3. The lowest BCUT2D eigenvalue weighted by atomic mass is 9.67. The van der Waals surface area contributed by atoms with E-state index in [1.165, 1.54) is 105 Å². The van der Waals surface area contributed by atoms with Gasteiger partial charge in [-0.1, -0.05) is 202 Å². The van der Waals surface area contributed by atoms with Gasteiger partial charge in [0.05, 0.1) is 27.5 Å². The largest absolute Gasteiger partial charge is 0.489 e. The van der Waals surface area contributed by atoms with Gasteiger partial charge in [0, 0.05) is 32.9 Å². The van der Waals surface area contributed by atoms with Crippen LogP contribution in [0.2, 0.25) is 0 Å². The smallest absolute Gasteiger partial charge is 0.119 e. The first-order valence-electron chi connectivity index (χ1n) is 26.4. The van der Waals surface area contributed by atoms with Gasteiger partial charge in [-0.2, -0.15) is 0 Å². The number of nitrogens with zero attached hydrogens (tertiary/aromatic N) is 2. The van der Waals surface area contributed by atoms with Gasteiger partial charge in [-0.25, -0.2) is 0 Å². The molecule has 75 heavy (non-hydrogen) atoms. The van der Waals surface area contributed by atoms with Crippen molar-refractivity contribution in [3.05, 3.63) is 294 Å². The summed E-state index contributed by atoms with van der Waals surface area (Å²) in [5.74, 6) is 1.39. The molecule has 0 radical (unpaired) electrons. The predicted molar refractivity (Wildman–Crippen MR) is 313 cm³/mol. The van der Waals surface area contributed by atoms with E-state index >= 15 is 0 Å². The molecule has 0 saturated heterocycles. The number of ether oxygens (including phenoxy) is 1. The zero-order valence-electron chi connectivity index (χ0n) is 42.1. The van der Waals surface area contributed by atoms with Crippen molar-refractivity contribution in [2.75, 3.05) is 0 Å². The first kappa shape index (κ1) is 44.5. The Hall–Kier alpha value is -9.18. The van der Waals surface area contributed by atoms with Crippen LogP contribution in [0, 0.1) is 0 Å². The van der Waals surface area contributed by atoms with Crippen LogP contribution in [0.4, 0.5) is 0 Å². The highest BCUT2D eigenvalue weighted by Crippen LogP contribution is 2.58. The molecule has 0 fully saturated rings. The molecule has 358 valence electrons. The van der Waals surface area contributed by atoms with Crippen molar-refractivity contribution in [2.24, 2.45) is 0 Å². The van der Waals surface area contributed by atoms with Crippen LogP contribution in [-0.4, -0.2) is 9.13 Å². The minimum absolute atomic E-state index is 0.507. The molecule has 1 aliphatic carbocycles. The van der Waals surface area contributed by atoms with Gasteiger partial charge in [-0.3, -0.25) is 0 Å². The SMILES string of the molecule is CCC(C)c1ccc(COc2ccc(C3(c4ccccc4)c4cc(-c5ccc(-n6c7ccccc7c7ccccc76)cc5)ccc4-c4ccc(-c5ccc(-n6c7ccccc7c7ccccc76)cc5)cc43)cc2)cc1. The number of hydrogen-bond donors (Lipinski definition) is 0. The van der Waals surface area contributed by atoms with Crippen molar-refractivity contribution < 1.29 is 4.74 Å². The van der Waals surface area contributed by atoms with Crippen LogP contribution in [0.25, 0.3) is 88.4 Å². The second-order valence-corrected chi connectivity index (χ2v) is 20.3. The summed E-state index contributed by atoms with van der Waals surface area (Å²) < 4.78 is 11.3. The van der Waals surface area contributed by atoms with E-state index in [-0.39, 0.29) is 0 Å². The Kier molecular flexibility index (Phi) is 10.7. The zero-order chi connectivity index (χ0) is 50.0. The Balaban J connectivity index is 0.890. The predicted octanol–water partition coefficient (Wildman–Crippen LogP) is 18.7. The molecular formula is C72H54N2O. The van der Waals surface area contributed by atoms with E-state index in [0.29, 0.717) is 12.5 Å². The third-order valence-corrected chi connectivity index (χ3v) is 16.3. The Morgan fingerprint density at radius 2 is 0.787 bits per heavy atom. The number of benzene rings is 11. The van der Waals surface area contributed by atoms with Crippen LogP contribution in [0.15, 0.2) is 261 Å². The summed E-state index contributed by atoms with van der Waals surface area (Å²) in [5, 5.41) is 5.05. The van der Waals surface area contributed by atoms with Gasteiger partial charge < -0.3 is 13.9 Å². The Morgan fingerprint density at radius 3 is 1.23 bits per heavy atom. The van der Waals surface area contributed by atoms with Gasteiger partial charge >= 0.3 is 0 Å². The summed E-state index contributed by atoms with van der Waals surface area (Å²) in [6.07, 6.45) is 1.12. The monoisotopic (exact) mass is 962 g/mol. The lowest BCUT2D eigenvalue weighted by Gasteiger charge is -2.34. The molecular weight excluding hydrogens is 909 g/mol. The number of rotatable bonds is 11. The molecule has 11 aromatic carbocycles. The number of para-hydroxylation sites is 4. The van der Waals surface area contributed by atoms with Gasteiger partial charge in [-0.05, 0) is 152 Å². The van der Waals surface area contributed by atoms with Crippen molar-refractivity contribution in [2.45, 2.75) is 38.2 Å². The molecule has 14 rings (SSSR count). The van der Waals surface area contributed by atoms with Crippen molar-refractivity contribution in [3.63, 3.8) is 0 Å². The molecule has 13 aromatic rings. The van der Waals surface area contributed by atoms with Crippen molar-refractivity contribution in [1.82, 2.24) is 9.13 Å². The molecule has 1 atom stereocenters. The summed E-state index contributed by atoms with van der Waals surface area (Å²) >= 11 is 0. The summed E-state index contributed by atoms with van der Waals surface area (Å²) in [5.41, 5.74) is 21.1. The van der Waals surface area contributed by atoms with E-state index < -0.39 is 5.41 Å². The Morgan fingerprint density at radius 1 is 0.387 bits per heavy atom. The fraction of sp³-hybridized carbons (Fsp3) is 0.0833. The molecule has 0 amide bonds. The molecule has 3 nitrogen and oxygen atoms in total. The fourth-order valence-electron chi connectivity index (χ4n) is 12.3. The number of fused-ring (bicyclic) bond motifs is 9. The summed E-state index contributed by atoms with van der Waals surface area (Å²) in [6.45, 7) is 5.04. The number of aromatic nitrogens is 2. The third-order valence-electron chi connectivity index (χ3n) is 16.3. The first-order valence-corrected chi connectivity index (χ1v) is 26.4. The van der Waals surface area contributed by atoms with Gasteiger partial charge in [0.25, 0.3) is 0 Å². The quantitative estimate of drug-likeness (QED) is 0.126. The Bertz CT molecular complexity index is 3940. The topological polar surface area (TPSA) is 19.1 Å². The van der Waals surface area contributed by atoms with E-state index in [2.05, 4.69) is 284 Å².